The van der Waals surface area contributed by atoms with Crippen LogP contribution in [-0.4, -0.2) is 18.1 Å². The predicted molar refractivity (Wildman–Crippen MR) is 65.6 cm³/mol. The van der Waals surface area contributed by atoms with Gasteiger partial charge in [0.05, 0.1) is 12.8 Å². The summed E-state index contributed by atoms with van der Waals surface area (Å²) in [5.74, 6) is 0.862. The molecule has 0 fully saturated rings. The summed E-state index contributed by atoms with van der Waals surface area (Å²) in [6.07, 6.45) is 2.58. The maximum Gasteiger partial charge on any atom is 0.128 e. The van der Waals surface area contributed by atoms with E-state index >= 15 is 0 Å². The van der Waals surface area contributed by atoms with Crippen molar-refractivity contribution in [2.24, 2.45) is 5.73 Å². The SMILES string of the molecule is COc1cccc2ccnc(CC(C)N)c12. The molecule has 0 aliphatic carbocycles. The monoisotopic (exact) mass is 216 g/mol. The molecule has 2 aromatic rings. The van der Waals surface area contributed by atoms with Crippen LogP contribution in [0.25, 0.3) is 10.8 Å². The minimum absolute atomic E-state index is 0.100. The summed E-state index contributed by atoms with van der Waals surface area (Å²) in [6, 6.07) is 8.08. The van der Waals surface area contributed by atoms with E-state index in [1.165, 1.54) is 0 Å². The van der Waals surface area contributed by atoms with Gasteiger partial charge in [0.2, 0.25) is 0 Å². The van der Waals surface area contributed by atoms with Crippen molar-refractivity contribution in [2.45, 2.75) is 19.4 Å². The zero-order chi connectivity index (χ0) is 11.5. The lowest BCUT2D eigenvalue weighted by molar-refractivity contribution is 0.419. The van der Waals surface area contributed by atoms with Crippen molar-refractivity contribution in [2.75, 3.05) is 7.11 Å². The van der Waals surface area contributed by atoms with Crippen LogP contribution >= 0.6 is 0 Å². The molecular formula is C13H16N2O. The molecular weight excluding hydrogens is 200 g/mol. The van der Waals surface area contributed by atoms with Crippen molar-refractivity contribution < 1.29 is 4.74 Å². The van der Waals surface area contributed by atoms with Gasteiger partial charge in [0, 0.05) is 24.0 Å². The molecule has 3 heteroatoms. The number of benzene rings is 1. The number of nitrogens with two attached hydrogens (primary N) is 1. The minimum atomic E-state index is 0.100. The number of fused-ring (bicyclic) bond motifs is 1. The van der Waals surface area contributed by atoms with Crippen LogP contribution < -0.4 is 10.5 Å². The van der Waals surface area contributed by atoms with Gasteiger partial charge in [-0.2, -0.15) is 0 Å². The summed E-state index contributed by atoms with van der Waals surface area (Å²) >= 11 is 0. The van der Waals surface area contributed by atoms with Gasteiger partial charge in [-0.3, -0.25) is 4.98 Å². The Labute approximate surface area is 95.2 Å². The molecule has 1 heterocycles. The Kier molecular flexibility index (Phi) is 3.06. The number of aromatic nitrogens is 1. The molecule has 3 nitrogen and oxygen atoms in total. The topological polar surface area (TPSA) is 48.1 Å². The number of hydrogen-bond donors (Lipinski definition) is 1. The largest absolute Gasteiger partial charge is 0.496 e. The predicted octanol–water partition coefficient (Wildman–Crippen LogP) is 2.13. The van der Waals surface area contributed by atoms with Gasteiger partial charge in [0.15, 0.2) is 0 Å². The Morgan fingerprint density at radius 1 is 1.38 bits per heavy atom. The van der Waals surface area contributed by atoms with Gasteiger partial charge in [0.25, 0.3) is 0 Å². The molecule has 0 aliphatic rings. The highest BCUT2D eigenvalue weighted by Crippen LogP contribution is 2.27. The van der Waals surface area contributed by atoms with Crippen LogP contribution in [0.1, 0.15) is 12.6 Å². The third-order valence-corrected chi connectivity index (χ3v) is 2.57. The normalized spacial score (nSPS) is 12.7. The first-order chi connectivity index (χ1) is 7.72. The molecule has 0 amide bonds. The Morgan fingerprint density at radius 2 is 2.19 bits per heavy atom. The lowest BCUT2D eigenvalue weighted by atomic mass is 10.0. The third-order valence-electron chi connectivity index (χ3n) is 2.57. The lowest BCUT2D eigenvalue weighted by Crippen LogP contribution is -2.18. The molecule has 1 atom stereocenters. The molecule has 16 heavy (non-hydrogen) atoms. The summed E-state index contributed by atoms with van der Waals surface area (Å²) in [4.78, 5) is 4.40. The van der Waals surface area contributed by atoms with E-state index < -0.39 is 0 Å². The van der Waals surface area contributed by atoms with Crippen LogP contribution in [0.3, 0.4) is 0 Å². The first-order valence-corrected chi connectivity index (χ1v) is 5.38. The number of pyridine rings is 1. The van der Waals surface area contributed by atoms with Crippen molar-refractivity contribution in [1.82, 2.24) is 4.98 Å². The zero-order valence-corrected chi connectivity index (χ0v) is 9.60. The second kappa shape index (κ2) is 4.49. The van der Waals surface area contributed by atoms with Crippen molar-refractivity contribution >= 4 is 10.8 Å². The Morgan fingerprint density at radius 3 is 2.88 bits per heavy atom. The van der Waals surface area contributed by atoms with Gasteiger partial charge in [-0.15, -0.1) is 0 Å². The van der Waals surface area contributed by atoms with E-state index in [2.05, 4.69) is 11.1 Å². The van der Waals surface area contributed by atoms with Crippen molar-refractivity contribution in [1.29, 1.82) is 0 Å². The van der Waals surface area contributed by atoms with E-state index in [4.69, 9.17) is 10.5 Å². The van der Waals surface area contributed by atoms with Crippen LogP contribution in [0.4, 0.5) is 0 Å². The molecule has 0 aliphatic heterocycles. The summed E-state index contributed by atoms with van der Waals surface area (Å²) < 4.78 is 5.37. The third kappa shape index (κ3) is 1.99. The molecule has 1 aromatic heterocycles. The average molecular weight is 216 g/mol. The Balaban J connectivity index is 2.63. The Hall–Kier alpha value is -1.61. The van der Waals surface area contributed by atoms with E-state index in [1.807, 2.05) is 31.3 Å². The molecule has 2 rings (SSSR count). The van der Waals surface area contributed by atoms with Gasteiger partial charge in [-0.05, 0) is 24.4 Å². The molecule has 0 radical (unpaired) electrons. The number of rotatable bonds is 3. The standard InChI is InChI=1S/C13H16N2O/c1-9(14)8-11-13-10(6-7-15-11)4-3-5-12(13)16-2/h3-7,9H,8,14H2,1-2H3. The van der Waals surface area contributed by atoms with Crippen molar-refractivity contribution in [3.8, 4) is 5.75 Å². The lowest BCUT2D eigenvalue weighted by Gasteiger charge is -2.11. The van der Waals surface area contributed by atoms with Crippen LogP contribution in [0, 0.1) is 0 Å². The van der Waals surface area contributed by atoms with Gasteiger partial charge in [0.1, 0.15) is 5.75 Å². The zero-order valence-electron chi connectivity index (χ0n) is 9.60. The number of nitrogens with zero attached hydrogens (tertiary/aromatic N) is 1. The fourth-order valence-corrected chi connectivity index (χ4v) is 1.90. The van der Waals surface area contributed by atoms with Gasteiger partial charge < -0.3 is 10.5 Å². The average Bonchev–Trinajstić information content (AvgIpc) is 2.28. The molecule has 0 bridgehead atoms. The van der Waals surface area contributed by atoms with E-state index in [1.54, 1.807) is 7.11 Å². The van der Waals surface area contributed by atoms with E-state index in [-0.39, 0.29) is 6.04 Å². The van der Waals surface area contributed by atoms with Crippen molar-refractivity contribution in [3.05, 3.63) is 36.2 Å². The van der Waals surface area contributed by atoms with Gasteiger partial charge in [-0.1, -0.05) is 12.1 Å². The summed E-state index contributed by atoms with van der Waals surface area (Å²) in [5, 5.41) is 2.22. The second-order valence-electron chi connectivity index (χ2n) is 4.00. The second-order valence-corrected chi connectivity index (χ2v) is 4.00. The molecule has 2 N–H and O–H groups in total. The molecule has 0 saturated heterocycles. The summed E-state index contributed by atoms with van der Waals surface area (Å²) in [7, 11) is 1.68. The first kappa shape index (κ1) is 10.9. The highest BCUT2D eigenvalue weighted by atomic mass is 16.5. The highest BCUT2D eigenvalue weighted by Gasteiger charge is 2.09. The van der Waals surface area contributed by atoms with Crippen LogP contribution in [0.15, 0.2) is 30.5 Å². The quantitative estimate of drug-likeness (QED) is 0.855. The minimum Gasteiger partial charge on any atom is -0.496 e. The molecule has 1 aromatic carbocycles. The van der Waals surface area contributed by atoms with Crippen LogP contribution in [0.2, 0.25) is 0 Å². The van der Waals surface area contributed by atoms with E-state index in [0.717, 1.165) is 28.6 Å². The van der Waals surface area contributed by atoms with E-state index in [9.17, 15) is 0 Å². The summed E-state index contributed by atoms with van der Waals surface area (Å²) in [5.41, 5.74) is 6.83. The first-order valence-electron chi connectivity index (χ1n) is 5.38. The maximum atomic E-state index is 5.83. The fraction of sp³-hybridized carbons (Fsp3) is 0.308. The highest BCUT2D eigenvalue weighted by molar-refractivity contribution is 5.90. The Bertz CT molecular complexity index is 489. The fourth-order valence-electron chi connectivity index (χ4n) is 1.90. The summed E-state index contributed by atoms with van der Waals surface area (Å²) in [6.45, 7) is 1.98. The molecule has 84 valence electrons. The van der Waals surface area contributed by atoms with Crippen molar-refractivity contribution in [3.63, 3.8) is 0 Å². The van der Waals surface area contributed by atoms with Crippen LogP contribution in [-0.2, 0) is 6.42 Å². The number of hydrogen-bond acceptors (Lipinski definition) is 3. The maximum absolute atomic E-state index is 5.83. The molecule has 1 unspecified atom stereocenters. The van der Waals surface area contributed by atoms with E-state index in [0.29, 0.717) is 0 Å². The molecule has 0 spiro atoms. The van der Waals surface area contributed by atoms with Crippen LogP contribution in [0.5, 0.6) is 5.75 Å². The van der Waals surface area contributed by atoms with Gasteiger partial charge in [-0.25, -0.2) is 0 Å². The number of ether oxygens (including phenoxy) is 1. The number of methoxy groups -OCH3 is 1. The van der Waals surface area contributed by atoms with Gasteiger partial charge >= 0.3 is 0 Å². The smallest absolute Gasteiger partial charge is 0.128 e. The molecule has 0 saturated carbocycles.